The SMILES string of the molecule is CCNC1C(=O)Nc2cc(N(C)CC(F)(F)F)ccc21. The Balaban J connectivity index is 2.22. The van der Waals surface area contributed by atoms with E-state index >= 15 is 0 Å². The van der Waals surface area contributed by atoms with E-state index in [1.54, 1.807) is 18.2 Å². The Bertz CT molecular complexity index is 516. The number of carbonyl (C=O) groups excluding carboxylic acids is 1. The molecule has 0 fully saturated rings. The number of fused-ring (bicyclic) bond motifs is 1. The largest absolute Gasteiger partial charge is 0.405 e. The van der Waals surface area contributed by atoms with Gasteiger partial charge in [0.15, 0.2) is 0 Å². The average Bonchev–Trinajstić information content (AvgIpc) is 2.63. The second-order valence-corrected chi connectivity index (χ2v) is 4.72. The van der Waals surface area contributed by atoms with Gasteiger partial charge in [-0.15, -0.1) is 0 Å². The van der Waals surface area contributed by atoms with Crippen molar-refractivity contribution in [1.29, 1.82) is 0 Å². The van der Waals surface area contributed by atoms with Crippen LogP contribution in [0.2, 0.25) is 0 Å². The van der Waals surface area contributed by atoms with Crippen LogP contribution in [0.4, 0.5) is 24.5 Å². The molecule has 0 saturated carbocycles. The summed E-state index contributed by atoms with van der Waals surface area (Å²) in [7, 11) is 1.37. The maximum atomic E-state index is 12.4. The molecule has 1 amide bonds. The summed E-state index contributed by atoms with van der Waals surface area (Å²) in [6.45, 7) is 1.49. The van der Waals surface area contributed by atoms with E-state index in [4.69, 9.17) is 0 Å². The number of hydrogen-bond donors (Lipinski definition) is 2. The van der Waals surface area contributed by atoms with Gasteiger partial charge in [0.2, 0.25) is 5.91 Å². The first-order valence-corrected chi connectivity index (χ1v) is 6.28. The van der Waals surface area contributed by atoms with Gasteiger partial charge in [-0.05, 0) is 18.7 Å². The minimum absolute atomic E-state index is 0.183. The van der Waals surface area contributed by atoms with Crippen LogP contribution >= 0.6 is 0 Å². The van der Waals surface area contributed by atoms with Crippen LogP contribution in [0.15, 0.2) is 18.2 Å². The fraction of sp³-hybridized carbons (Fsp3) is 0.462. The molecule has 1 atom stereocenters. The highest BCUT2D eigenvalue weighted by Crippen LogP contribution is 2.34. The highest BCUT2D eigenvalue weighted by molar-refractivity contribution is 6.03. The first-order valence-electron chi connectivity index (χ1n) is 6.28. The number of nitrogens with zero attached hydrogens (tertiary/aromatic N) is 1. The molecule has 0 spiro atoms. The molecule has 2 rings (SSSR count). The molecule has 7 heteroatoms. The van der Waals surface area contributed by atoms with Crippen LogP contribution in [0.1, 0.15) is 18.5 Å². The molecule has 1 unspecified atom stereocenters. The number of benzene rings is 1. The van der Waals surface area contributed by atoms with Gasteiger partial charge in [-0.2, -0.15) is 13.2 Å². The highest BCUT2D eigenvalue weighted by Gasteiger charge is 2.32. The third-order valence-electron chi connectivity index (χ3n) is 3.13. The van der Waals surface area contributed by atoms with Gasteiger partial charge in [0.05, 0.1) is 0 Å². The molecule has 1 aliphatic rings. The molecular formula is C13H16F3N3O. The molecule has 1 aliphatic heterocycles. The number of rotatable bonds is 4. The van der Waals surface area contributed by atoms with E-state index in [0.29, 0.717) is 17.9 Å². The molecule has 2 N–H and O–H groups in total. The fourth-order valence-electron chi connectivity index (χ4n) is 2.25. The van der Waals surface area contributed by atoms with Crippen LogP contribution in [0.5, 0.6) is 0 Å². The van der Waals surface area contributed by atoms with Crippen molar-refractivity contribution in [3.63, 3.8) is 0 Å². The number of nitrogens with one attached hydrogen (secondary N) is 2. The number of amides is 1. The third-order valence-corrected chi connectivity index (χ3v) is 3.13. The third kappa shape index (κ3) is 3.04. The van der Waals surface area contributed by atoms with Crippen molar-refractivity contribution in [3.05, 3.63) is 23.8 Å². The summed E-state index contributed by atoms with van der Waals surface area (Å²) in [6.07, 6.45) is -4.26. The van der Waals surface area contributed by atoms with Gasteiger partial charge in [0.25, 0.3) is 0 Å². The monoisotopic (exact) mass is 287 g/mol. The Kier molecular flexibility index (Phi) is 3.89. The summed E-state index contributed by atoms with van der Waals surface area (Å²) in [5, 5.41) is 5.71. The summed E-state index contributed by atoms with van der Waals surface area (Å²) >= 11 is 0. The summed E-state index contributed by atoms with van der Waals surface area (Å²) in [4.78, 5) is 12.9. The van der Waals surface area contributed by atoms with Crippen LogP contribution in [0, 0.1) is 0 Å². The van der Waals surface area contributed by atoms with Gasteiger partial charge < -0.3 is 15.5 Å². The molecule has 1 heterocycles. The topological polar surface area (TPSA) is 44.4 Å². The van der Waals surface area contributed by atoms with Gasteiger partial charge in [-0.1, -0.05) is 13.0 Å². The van der Waals surface area contributed by atoms with Crippen molar-refractivity contribution >= 4 is 17.3 Å². The van der Waals surface area contributed by atoms with E-state index < -0.39 is 18.8 Å². The molecule has 4 nitrogen and oxygen atoms in total. The molecule has 110 valence electrons. The Morgan fingerprint density at radius 2 is 2.10 bits per heavy atom. The summed E-state index contributed by atoms with van der Waals surface area (Å²) in [5.74, 6) is -0.183. The number of halogens is 3. The van der Waals surface area contributed by atoms with Crippen LogP contribution in [-0.4, -0.2) is 32.2 Å². The molecule has 20 heavy (non-hydrogen) atoms. The lowest BCUT2D eigenvalue weighted by Gasteiger charge is -2.21. The van der Waals surface area contributed by atoms with Crippen molar-refractivity contribution in [2.75, 3.05) is 30.4 Å². The van der Waals surface area contributed by atoms with Crippen molar-refractivity contribution in [2.24, 2.45) is 0 Å². The van der Waals surface area contributed by atoms with Gasteiger partial charge in [-0.3, -0.25) is 4.79 Å². The Morgan fingerprint density at radius 1 is 1.40 bits per heavy atom. The zero-order valence-electron chi connectivity index (χ0n) is 11.2. The van der Waals surface area contributed by atoms with Crippen molar-refractivity contribution < 1.29 is 18.0 Å². The van der Waals surface area contributed by atoms with E-state index in [1.807, 2.05) is 6.92 Å². The lowest BCUT2D eigenvalue weighted by atomic mass is 10.1. The predicted molar refractivity (Wildman–Crippen MR) is 70.8 cm³/mol. The summed E-state index contributed by atoms with van der Waals surface area (Å²) in [5.41, 5.74) is 1.74. The fourth-order valence-corrected chi connectivity index (χ4v) is 2.25. The van der Waals surface area contributed by atoms with Crippen molar-refractivity contribution in [2.45, 2.75) is 19.1 Å². The minimum Gasteiger partial charge on any atom is -0.366 e. The standard InChI is InChI=1S/C13H16F3N3O/c1-3-17-11-9-5-4-8(6-10(9)18-12(11)20)19(2)7-13(14,15)16/h4-6,11,17H,3,7H2,1-2H3,(H,18,20). The molecule has 0 aromatic heterocycles. The number of anilines is 2. The Hall–Kier alpha value is -1.76. The Morgan fingerprint density at radius 3 is 2.70 bits per heavy atom. The smallest absolute Gasteiger partial charge is 0.366 e. The molecular weight excluding hydrogens is 271 g/mol. The minimum atomic E-state index is -4.26. The van der Waals surface area contributed by atoms with Gasteiger partial charge in [0, 0.05) is 24.0 Å². The average molecular weight is 287 g/mol. The maximum absolute atomic E-state index is 12.4. The Labute approximate surface area is 114 Å². The lowest BCUT2D eigenvalue weighted by molar-refractivity contribution is -0.119. The number of carbonyl (C=O) groups is 1. The molecule has 0 saturated heterocycles. The zero-order valence-corrected chi connectivity index (χ0v) is 11.2. The second kappa shape index (κ2) is 5.32. The molecule has 0 aliphatic carbocycles. The van der Waals surface area contributed by atoms with Gasteiger partial charge in [-0.25, -0.2) is 0 Å². The molecule has 0 radical (unpaired) electrons. The number of alkyl halides is 3. The van der Waals surface area contributed by atoms with Gasteiger partial charge in [0.1, 0.15) is 12.6 Å². The normalized spacial score (nSPS) is 17.9. The van der Waals surface area contributed by atoms with E-state index in [2.05, 4.69) is 10.6 Å². The predicted octanol–water partition coefficient (Wildman–Crippen LogP) is 2.29. The molecule has 1 aromatic carbocycles. The van der Waals surface area contributed by atoms with Crippen LogP contribution in [0.25, 0.3) is 0 Å². The van der Waals surface area contributed by atoms with Crippen molar-refractivity contribution in [3.8, 4) is 0 Å². The highest BCUT2D eigenvalue weighted by atomic mass is 19.4. The lowest BCUT2D eigenvalue weighted by Crippen LogP contribution is -2.30. The van der Waals surface area contributed by atoms with Gasteiger partial charge >= 0.3 is 6.18 Å². The van der Waals surface area contributed by atoms with E-state index in [1.165, 1.54) is 7.05 Å². The van der Waals surface area contributed by atoms with Crippen LogP contribution < -0.4 is 15.5 Å². The van der Waals surface area contributed by atoms with E-state index in [-0.39, 0.29) is 5.91 Å². The summed E-state index contributed by atoms with van der Waals surface area (Å²) < 4.78 is 37.1. The van der Waals surface area contributed by atoms with E-state index in [9.17, 15) is 18.0 Å². The first kappa shape index (κ1) is 14.6. The zero-order chi connectivity index (χ0) is 14.9. The second-order valence-electron chi connectivity index (χ2n) is 4.72. The summed E-state index contributed by atoms with van der Waals surface area (Å²) in [6, 6.07) is 4.41. The number of hydrogen-bond acceptors (Lipinski definition) is 3. The molecule has 1 aromatic rings. The maximum Gasteiger partial charge on any atom is 0.405 e. The molecule has 0 bridgehead atoms. The quantitative estimate of drug-likeness (QED) is 0.893. The van der Waals surface area contributed by atoms with Crippen molar-refractivity contribution in [1.82, 2.24) is 5.32 Å². The van der Waals surface area contributed by atoms with Crippen LogP contribution in [-0.2, 0) is 4.79 Å². The first-order chi connectivity index (χ1) is 9.31. The van der Waals surface area contributed by atoms with Crippen LogP contribution in [0.3, 0.4) is 0 Å². The number of likely N-dealkylation sites (N-methyl/N-ethyl adjacent to an activating group) is 1. The van der Waals surface area contributed by atoms with E-state index in [0.717, 1.165) is 10.5 Å².